The maximum atomic E-state index is 14.6. The van der Waals surface area contributed by atoms with Gasteiger partial charge in [-0.2, -0.15) is 0 Å². The maximum Gasteiger partial charge on any atom is 0.264 e. The first-order valence-corrected chi connectivity index (χ1v) is 17.0. The second kappa shape index (κ2) is 15.9. The molecule has 0 spiro atoms. The van der Waals surface area contributed by atoms with E-state index in [1.54, 1.807) is 24.3 Å². The van der Waals surface area contributed by atoms with E-state index in [-0.39, 0.29) is 29.3 Å². The van der Waals surface area contributed by atoms with Crippen LogP contribution in [0.4, 0.5) is 10.1 Å². The summed E-state index contributed by atoms with van der Waals surface area (Å²) in [6.07, 6.45) is 0.150. The largest absolute Gasteiger partial charge is 0.497 e. The third kappa shape index (κ3) is 9.50. The molecular weight excluding hydrogens is 649 g/mol. The molecule has 0 saturated heterocycles. The standard InChI is InChI=1S/C37H42FN3O7S/c1-37(2,3)39-36(43)32(22-26-11-8-7-9-12-26)40(24-27-13-10-14-30(21-27)46-4)35(42)25-41(29-17-15-28(38)16-18-29)49(44,45)31-19-20-33(47-5)34(23-31)48-6/h7-21,23,32H,22,24-25H2,1-6H3,(H,39,43)/t32-/m1/s1. The summed E-state index contributed by atoms with van der Waals surface area (Å²) < 4.78 is 59.7. The van der Waals surface area contributed by atoms with Crippen LogP contribution in [0.15, 0.2) is 102 Å². The molecule has 4 rings (SSSR count). The van der Waals surface area contributed by atoms with E-state index in [4.69, 9.17) is 14.2 Å². The zero-order chi connectivity index (χ0) is 35.8. The van der Waals surface area contributed by atoms with Crippen LogP contribution in [-0.4, -0.2) is 64.6 Å². The zero-order valence-electron chi connectivity index (χ0n) is 28.5. The lowest BCUT2D eigenvalue weighted by molar-refractivity contribution is -0.140. The Morgan fingerprint density at radius 2 is 1.45 bits per heavy atom. The summed E-state index contributed by atoms with van der Waals surface area (Å²) in [6, 6.07) is 24.1. The fourth-order valence-corrected chi connectivity index (χ4v) is 6.64. The number of methoxy groups -OCH3 is 3. The summed E-state index contributed by atoms with van der Waals surface area (Å²) in [5, 5.41) is 3.00. The Bertz CT molecular complexity index is 1850. The molecule has 0 aliphatic carbocycles. The first-order chi connectivity index (χ1) is 23.2. The van der Waals surface area contributed by atoms with Crippen LogP contribution in [0.5, 0.6) is 17.2 Å². The van der Waals surface area contributed by atoms with Crippen molar-refractivity contribution in [3.8, 4) is 17.2 Å². The molecule has 0 heterocycles. The summed E-state index contributed by atoms with van der Waals surface area (Å²) in [6.45, 7) is 4.76. The van der Waals surface area contributed by atoms with Crippen LogP contribution < -0.4 is 23.8 Å². The topological polar surface area (TPSA) is 114 Å². The monoisotopic (exact) mass is 691 g/mol. The molecule has 4 aromatic carbocycles. The number of carbonyl (C=O) groups is 2. The lowest BCUT2D eigenvalue weighted by Gasteiger charge is -2.35. The van der Waals surface area contributed by atoms with Crippen molar-refractivity contribution in [2.45, 2.75) is 50.2 Å². The third-order valence-electron chi connectivity index (χ3n) is 7.59. The number of nitrogens with zero attached hydrogens (tertiary/aromatic N) is 2. The Balaban J connectivity index is 1.85. The van der Waals surface area contributed by atoms with Crippen LogP contribution in [0.1, 0.15) is 31.9 Å². The van der Waals surface area contributed by atoms with Gasteiger partial charge in [0.05, 0.1) is 31.9 Å². The number of ether oxygens (including phenoxy) is 3. The minimum atomic E-state index is -4.46. The second-order valence-electron chi connectivity index (χ2n) is 12.3. The molecule has 49 heavy (non-hydrogen) atoms. The molecule has 260 valence electrons. The molecule has 0 aliphatic heterocycles. The van der Waals surface area contributed by atoms with Crippen molar-refractivity contribution < 1.29 is 36.6 Å². The van der Waals surface area contributed by atoms with Gasteiger partial charge < -0.3 is 24.4 Å². The summed E-state index contributed by atoms with van der Waals surface area (Å²) in [7, 11) is -0.137. The molecular formula is C37H42FN3O7S. The Kier molecular flexibility index (Phi) is 11.9. The van der Waals surface area contributed by atoms with E-state index in [2.05, 4.69) is 5.32 Å². The van der Waals surface area contributed by atoms with Crippen LogP contribution in [0.3, 0.4) is 0 Å². The van der Waals surface area contributed by atoms with Gasteiger partial charge >= 0.3 is 0 Å². The Morgan fingerprint density at radius 1 is 0.796 bits per heavy atom. The number of hydrogen-bond acceptors (Lipinski definition) is 7. The number of carbonyl (C=O) groups excluding carboxylic acids is 2. The molecule has 1 atom stereocenters. The normalized spacial score (nSPS) is 12.1. The summed E-state index contributed by atoms with van der Waals surface area (Å²) in [5.41, 5.74) is 0.872. The van der Waals surface area contributed by atoms with Crippen molar-refractivity contribution in [3.05, 3.63) is 114 Å². The lowest BCUT2D eigenvalue weighted by Crippen LogP contribution is -2.56. The number of hydrogen-bond donors (Lipinski definition) is 1. The van der Waals surface area contributed by atoms with Crippen molar-refractivity contribution in [2.24, 2.45) is 0 Å². The molecule has 0 unspecified atom stereocenters. The molecule has 1 N–H and O–H groups in total. The number of rotatable bonds is 14. The number of sulfonamides is 1. The Labute approximate surface area is 287 Å². The molecule has 0 aliphatic rings. The van der Waals surface area contributed by atoms with Gasteiger partial charge in [-0.1, -0.05) is 42.5 Å². The molecule has 0 fully saturated rings. The molecule has 12 heteroatoms. The van der Waals surface area contributed by atoms with E-state index < -0.39 is 45.8 Å². The van der Waals surface area contributed by atoms with E-state index in [0.29, 0.717) is 17.1 Å². The summed E-state index contributed by atoms with van der Waals surface area (Å²) >= 11 is 0. The van der Waals surface area contributed by atoms with Crippen molar-refractivity contribution in [3.63, 3.8) is 0 Å². The maximum absolute atomic E-state index is 14.6. The third-order valence-corrected chi connectivity index (χ3v) is 9.36. The number of nitrogens with one attached hydrogen (secondary N) is 1. The van der Waals surface area contributed by atoms with Gasteiger partial charge in [-0.05, 0) is 80.4 Å². The van der Waals surface area contributed by atoms with Gasteiger partial charge in [0.15, 0.2) is 11.5 Å². The van der Waals surface area contributed by atoms with Gasteiger partial charge in [-0.3, -0.25) is 13.9 Å². The summed E-state index contributed by atoms with van der Waals surface area (Å²) in [5.74, 6) is -0.642. The van der Waals surface area contributed by atoms with Gasteiger partial charge in [0, 0.05) is 24.6 Å². The second-order valence-corrected chi connectivity index (χ2v) is 14.2. The first kappa shape index (κ1) is 36.7. The average molecular weight is 692 g/mol. The Hall–Kier alpha value is -5.10. The lowest BCUT2D eigenvalue weighted by atomic mass is 10.0. The number of anilines is 1. The van der Waals surface area contributed by atoms with Crippen LogP contribution in [0, 0.1) is 5.82 Å². The fraction of sp³-hybridized carbons (Fsp3) is 0.297. The van der Waals surface area contributed by atoms with Gasteiger partial charge in [0.1, 0.15) is 24.2 Å². The smallest absolute Gasteiger partial charge is 0.264 e. The highest BCUT2D eigenvalue weighted by Gasteiger charge is 2.36. The number of amides is 2. The average Bonchev–Trinajstić information content (AvgIpc) is 3.08. The van der Waals surface area contributed by atoms with E-state index in [9.17, 15) is 22.4 Å². The van der Waals surface area contributed by atoms with E-state index in [0.717, 1.165) is 22.0 Å². The summed E-state index contributed by atoms with van der Waals surface area (Å²) in [4.78, 5) is 29.9. The van der Waals surface area contributed by atoms with Gasteiger partial charge in [-0.25, -0.2) is 12.8 Å². The van der Waals surface area contributed by atoms with Gasteiger partial charge in [0.2, 0.25) is 11.8 Å². The predicted molar refractivity (Wildman–Crippen MR) is 186 cm³/mol. The fourth-order valence-electron chi connectivity index (χ4n) is 5.21. The SMILES string of the molecule is COc1cccc(CN(C(=O)CN(c2ccc(F)cc2)S(=O)(=O)c2ccc(OC)c(OC)c2)[C@H](Cc2ccccc2)C(=O)NC(C)(C)C)c1. The van der Waals surface area contributed by atoms with Crippen molar-refractivity contribution in [1.82, 2.24) is 10.2 Å². The quantitative estimate of drug-likeness (QED) is 0.183. The van der Waals surface area contributed by atoms with E-state index in [1.165, 1.54) is 56.6 Å². The van der Waals surface area contributed by atoms with Crippen LogP contribution in [-0.2, 0) is 32.6 Å². The molecule has 0 aromatic heterocycles. The van der Waals surface area contributed by atoms with Crippen molar-refractivity contribution >= 4 is 27.5 Å². The minimum Gasteiger partial charge on any atom is -0.497 e. The highest BCUT2D eigenvalue weighted by Crippen LogP contribution is 2.32. The molecule has 10 nitrogen and oxygen atoms in total. The van der Waals surface area contributed by atoms with E-state index in [1.807, 2.05) is 51.1 Å². The minimum absolute atomic E-state index is 0.0429. The van der Waals surface area contributed by atoms with Crippen LogP contribution in [0.2, 0.25) is 0 Å². The molecule has 0 saturated carbocycles. The van der Waals surface area contributed by atoms with Crippen LogP contribution >= 0.6 is 0 Å². The molecule has 2 amide bonds. The first-order valence-electron chi connectivity index (χ1n) is 15.5. The van der Waals surface area contributed by atoms with Gasteiger partial charge in [0.25, 0.3) is 10.0 Å². The number of halogens is 1. The highest BCUT2D eigenvalue weighted by molar-refractivity contribution is 7.92. The predicted octanol–water partition coefficient (Wildman–Crippen LogP) is 5.60. The highest BCUT2D eigenvalue weighted by atomic mass is 32.2. The molecule has 4 aromatic rings. The molecule has 0 bridgehead atoms. The van der Waals surface area contributed by atoms with Gasteiger partial charge in [-0.15, -0.1) is 0 Å². The Morgan fingerprint density at radius 3 is 2.06 bits per heavy atom. The van der Waals surface area contributed by atoms with E-state index >= 15 is 0 Å². The number of benzene rings is 4. The molecule has 0 radical (unpaired) electrons. The zero-order valence-corrected chi connectivity index (χ0v) is 29.3. The van der Waals surface area contributed by atoms with Crippen LogP contribution in [0.25, 0.3) is 0 Å². The van der Waals surface area contributed by atoms with Crippen molar-refractivity contribution in [1.29, 1.82) is 0 Å². The van der Waals surface area contributed by atoms with Crippen molar-refractivity contribution in [2.75, 3.05) is 32.2 Å².